The van der Waals surface area contributed by atoms with Gasteiger partial charge in [-0.1, -0.05) is 89.4 Å². The number of aryl methyl sites for hydroxylation is 1. The van der Waals surface area contributed by atoms with E-state index in [-0.39, 0.29) is 12.0 Å². The van der Waals surface area contributed by atoms with Gasteiger partial charge in [-0.2, -0.15) is 0 Å². The van der Waals surface area contributed by atoms with Crippen molar-refractivity contribution in [1.29, 1.82) is 0 Å². The normalized spacial score (nSPS) is 21.2. The van der Waals surface area contributed by atoms with Gasteiger partial charge in [0, 0.05) is 34.4 Å². The maximum Gasteiger partial charge on any atom is 0.0859 e. The highest BCUT2D eigenvalue weighted by molar-refractivity contribution is 14.1. The van der Waals surface area contributed by atoms with Gasteiger partial charge in [-0.05, 0) is 53.8 Å². The van der Waals surface area contributed by atoms with Gasteiger partial charge in [0.05, 0.1) is 11.8 Å². The largest absolute Gasteiger partial charge is 0.376 e. The van der Waals surface area contributed by atoms with Gasteiger partial charge in [0.25, 0.3) is 0 Å². The Morgan fingerprint density at radius 3 is 2.68 bits per heavy atom. The minimum atomic E-state index is 0.0628. The van der Waals surface area contributed by atoms with Crippen molar-refractivity contribution in [3.63, 3.8) is 0 Å². The van der Waals surface area contributed by atoms with Gasteiger partial charge in [-0.25, -0.2) is 0 Å². The van der Waals surface area contributed by atoms with E-state index in [0.29, 0.717) is 0 Å². The summed E-state index contributed by atoms with van der Waals surface area (Å²) in [6.45, 7) is 0. The van der Waals surface area contributed by atoms with Gasteiger partial charge >= 0.3 is 0 Å². The molecule has 0 aromatic heterocycles. The molecule has 0 saturated heterocycles. The van der Waals surface area contributed by atoms with Crippen molar-refractivity contribution in [3.05, 3.63) is 113 Å². The van der Waals surface area contributed by atoms with Crippen molar-refractivity contribution < 1.29 is 4.74 Å². The molecule has 0 aliphatic heterocycles. The summed E-state index contributed by atoms with van der Waals surface area (Å²) in [6.07, 6.45) is 20.1. The molecule has 2 aromatic rings. The zero-order chi connectivity index (χ0) is 21.2. The Labute approximate surface area is 198 Å². The summed E-state index contributed by atoms with van der Waals surface area (Å²) >= 11 is 2.42. The summed E-state index contributed by atoms with van der Waals surface area (Å²) in [5.41, 5.74) is 9.03. The smallest absolute Gasteiger partial charge is 0.0859 e. The van der Waals surface area contributed by atoms with Crippen molar-refractivity contribution in [2.45, 2.75) is 23.4 Å². The minimum Gasteiger partial charge on any atom is -0.376 e. The number of allylic oxidation sites excluding steroid dienone is 5. The number of ether oxygens (including phenoxy) is 1. The van der Waals surface area contributed by atoms with Gasteiger partial charge in [0.1, 0.15) is 0 Å². The minimum absolute atomic E-state index is 0.0628. The van der Waals surface area contributed by atoms with Crippen LogP contribution in [0.3, 0.4) is 0 Å². The van der Waals surface area contributed by atoms with Crippen molar-refractivity contribution >= 4 is 40.0 Å². The van der Waals surface area contributed by atoms with E-state index in [1.54, 1.807) is 7.11 Å². The first-order valence-corrected chi connectivity index (χ1v) is 12.4. The van der Waals surface area contributed by atoms with Crippen molar-refractivity contribution in [1.82, 2.24) is 0 Å². The maximum absolute atomic E-state index is 5.78. The zero-order valence-electron chi connectivity index (χ0n) is 17.7. The number of halogens is 1. The summed E-state index contributed by atoms with van der Waals surface area (Å²) < 4.78 is 6.80. The van der Waals surface area contributed by atoms with Crippen LogP contribution in [-0.2, 0) is 15.6 Å². The highest BCUT2D eigenvalue weighted by Gasteiger charge is 2.30. The molecule has 0 spiro atoms. The lowest BCUT2D eigenvalue weighted by Gasteiger charge is -2.36. The number of benzene rings is 2. The monoisotopic (exact) mass is 519 g/mol. The van der Waals surface area contributed by atoms with Crippen LogP contribution in [0.5, 0.6) is 0 Å². The number of anilines is 2. The molecule has 31 heavy (non-hydrogen) atoms. The van der Waals surface area contributed by atoms with E-state index >= 15 is 0 Å². The molecule has 2 unspecified atom stereocenters. The molecule has 0 amide bonds. The summed E-state index contributed by atoms with van der Waals surface area (Å²) in [5, 5.41) is 0. The molecular weight excluding hydrogens is 493 g/mol. The van der Waals surface area contributed by atoms with Crippen molar-refractivity contribution in [2.75, 3.05) is 12.0 Å². The Morgan fingerprint density at radius 1 is 1.00 bits per heavy atom. The van der Waals surface area contributed by atoms with Crippen LogP contribution < -0.4 is 4.90 Å². The first kappa shape index (κ1) is 20.5. The first-order valence-electron chi connectivity index (χ1n) is 10.8. The van der Waals surface area contributed by atoms with E-state index in [0.717, 1.165) is 17.3 Å². The second-order valence-corrected chi connectivity index (χ2v) is 8.86. The summed E-state index contributed by atoms with van der Waals surface area (Å²) in [6, 6.07) is 15.7. The summed E-state index contributed by atoms with van der Waals surface area (Å²) in [4.78, 5) is 2.43. The molecule has 2 atom stereocenters. The average molecular weight is 519 g/mol. The SMILES string of the molecule is COC1C=CC(N(c2ccc(CI)cc2)c2cccc3c2C=CCC3)=C2C=CC=CC21. The molecule has 156 valence electrons. The lowest BCUT2D eigenvalue weighted by molar-refractivity contribution is 0.117. The van der Waals surface area contributed by atoms with Gasteiger partial charge in [0.2, 0.25) is 0 Å². The number of hydrogen-bond donors (Lipinski definition) is 0. The Morgan fingerprint density at radius 2 is 1.87 bits per heavy atom. The fraction of sp³-hybridized carbons (Fsp3) is 0.214. The highest BCUT2D eigenvalue weighted by Crippen LogP contribution is 2.42. The third-order valence-corrected chi connectivity index (χ3v) is 7.18. The number of methoxy groups -OCH3 is 1. The van der Waals surface area contributed by atoms with Crippen molar-refractivity contribution in [3.8, 4) is 0 Å². The highest BCUT2D eigenvalue weighted by atomic mass is 127. The molecule has 0 fully saturated rings. The van der Waals surface area contributed by atoms with Crippen LogP contribution in [0.1, 0.15) is 23.1 Å². The van der Waals surface area contributed by atoms with Crippen LogP contribution in [0.2, 0.25) is 0 Å². The topological polar surface area (TPSA) is 12.5 Å². The van der Waals surface area contributed by atoms with Gasteiger partial charge < -0.3 is 9.64 Å². The Balaban J connectivity index is 1.72. The summed E-state index contributed by atoms with van der Waals surface area (Å²) in [5.74, 6) is 0.223. The lowest BCUT2D eigenvalue weighted by atomic mass is 9.83. The van der Waals surface area contributed by atoms with Crippen LogP contribution in [0, 0.1) is 5.92 Å². The van der Waals surface area contributed by atoms with Crippen LogP contribution >= 0.6 is 22.6 Å². The predicted molar refractivity (Wildman–Crippen MR) is 139 cm³/mol. The lowest BCUT2D eigenvalue weighted by Crippen LogP contribution is -2.29. The van der Waals surface area contributed by atoms with Crippen molar-refractivity contribution in [2.24, 2.45) is 5.92 Å². The number of nitrogens with zero attached hydrogens (tertiary/aromatic N) is 1. The number of rotatable bonds is 5. The fourth-order valence-corrected chi connectivity index (χ4v) is 5.23. The second kappa shape index (κ2) is 9.01. The number of fused-ring (bicyclic) bond motifs is 2. The zero-order valence-corrected chi connectivity index (χ0v) is 19.8. The van der Waals surface area contributed by atoms with E-state index in [1.165, 1.54) is 39.3 Å². The van der Waals surface area contributed by atoms with E-state index in [9.17, 15) is 0 Å². The molecule has 0 bridgehead atoms. The molecule has 3 aliphatic carbocycles. The van der Waals surface area contributed by atoms with Crippen LogP contribution in [0.4, 0.5) is 11.4 Å². The summed E-state index contributed by atoms with van der Waals surface area (Å²) in [7, 11) is 1.79. The number of alkyl halides is 1. The Kier molecular flexibility index (Phi) is 5.97. The molecule has 2 aromatic carbocycles. The molecule has 2 nitrogen and oxygen atoms in total. The van der Waals surface area contributed by atoms with Crippen LogP contribution in [0.15, 0.2) is 96.3 Å². The Hall–Kier alpha value is -2.37. The van der Waals surface area contributed by atoms with E-state index < -0.39 is 0 Å². The first-order chi connectivity index (χ1) is 15.3. The average Bonchev–Trinajstić information content (AvgIpc) is 2.85. The van der Waals surface area contributed by atoms with Gasteiger partial charge in [-0.3, -0.25) is 0 Å². The maximum atomic E-state index is 5.78. The van der Waals surface area contributed by atoms with E-state index in [4.69, 9.17) is 4.74 Å². The van der Waals surface area contributed by atoms with E-state index in [2.05, 4.69) is 119 Å². The van der Waals surface area contributed by atoms with Crippen LogP contribution in [-0.4, -0.2) is 13.2 Å². The fourth-order valence-electron chi connectivity index (χ4n) is 4.72. The molecule has 3 heteroatoms. The standard InChI is InChI=1S/C28H26INO/c1-31-28-18-17-27(24-10-4-5-11-25(24)28)30(22-15-13-20(19-29)14-16-22)26-12-6-8-21-7-2-3-9-23(21)26/h3-6,8-18,25,28H,2,7,19H2,1H3. The molecule has 5 rings (SSSR count). The molecule has 0 N–H and O–H groups in total. The van der Waals surface area contributed by atoms with Crippen LogP contribution in [0.25, 0.3) is 6.08 Å². The third kappa shape index (κ3) is 3.85. The van der Waals surface area contributed by atoms with E-state index in [1.807, 2.05) is 0 Å². The Bertz CT molecular complexity index is 1120. The quantitative estimate of drug-likeness (QED) is 0.304. The van der Waals surface area contributed by atoms with Gasteiger partial charge in [0.15, 0.2) is 0 Å². The third-order valence-electron chi connectivity index (χ3n) is 6.30. The predicted octanol–water partition coefficient (Wildman–Crippen LogP) is 7.30. The number of hydrogen-bond acceptors (Lipinski definition) is 2. The molecular formula is C28H26INO. The molecule has 0 heterocycles. The second-order valence-electron chi connectivity index (χ2n) is 8.10. The molecule has 3 aliphatic rings. The molecule has 0 saturated carbocycles. The molecule has 0 radical (unpaired) electrons. The van der Waals surface area contributed by atoms with Gasteiger partial charge in [-0.15, -0.1) is 0 Å².